The lowest BCUT2D eigenvalue weighted by molar-refractivity contribution is -0.143. The standard InChI is InChI=1S/C26H32ClN5O4/c1-15(14-30-13-12-22(27)29-30)24-28-23-19-9-4-16(2)31(26(35)36-3)20(19)10-11-21(23)32(24)18-7-5-17(6-8-18)25(33)34/h10-13,15-18H,4-9,14H2,1-3H3,(H,33,34)/t15?,16-,17?,18?/m0/s1. The average molecular weight is 514 g/mol. The number of aryl methyl sites for hydroxylation is 1. The van der Waals surface area contributed by atoms with Crippen LogP contribution in [0.25, 0.3) is 11.0 Å². The summed E-state index contributed by atoms with van der Waals surface area (Å²) >= 11 is 6.05. The molecule has 2 atom stereocenters. The number of hydrogen-bond donors (Lipinski definition) is 1. The Hall–Kier alpha value is -3.07. The van der Waals surface area contributed by atoms with Gasteiger partial charge >= 0.3 is 12.1 Å². The SMILES string of the molecule is COC(=O)N1c2ccc3c(nc(C(C)Cn4ccc(Cl)n4)n3C3CCC(C(=O)O)CC3)c2CC[C@@H]1C. The summed E-state index contributed by atoms with van der Waals surface area (Å²) in [5.74, 6) is -0.00218. The third-order valence-corrected chi connectivity index (χ3v) is 7.98. The van der Waals surface area contributed by atoms with Crippen LogP contribution >= 0.6 is 11.6 Å². The van der Waals surface area contributed by atoms with Crippen LogP contribution in [0.1, 0.15) is 69.3 Å². The number of amides is 1. The summed E-state index contributed by atoms with van der Waals surface area (Å²) in [4.78, 5) is 31.1. The fourth-order valence-corrected chi connectivity index (χ4v) is 6.06. The molecule has 2 aliphatic rings. The summed E-state index contributed by atoms with van der Waals surface area (Å²) in [6.45, 7) is 4.78. The number of carboxylic acids is 1. The highest BCUT2D eigenvalue weighted by atomic mass is 35.5. The number of carbonyl (C=O) groups excluding carboxylic acids is 1. The number of carbonyl (C=O) groups is 2. The molecule has 1 amide bonds. The number of carboxylic acid groups (broad SMARTS) is 1. The maximum absolute atomic E-state index is 12.6. The third-order valence-electron chi connectivity index (χ3n) is 7.77. The van der Waals surface area contributed by atoms with E-state index in [1.54, 1.807) is 11.0 Å². The van der Waals surface area contributed by atoms with Crippen LogP contribution in [0.3, 0.4) is 0 Å². The number of benzene rings is 1. The Bertz CT molecular complexity index is 1290. The minimum Gasteiger partial charge on any atom is -0.481 e. The number of aliphatic carboxylic acids is 1. The monoisotopic (exact) mass is 513 g/mol. The highest BCUT2D eigenvalue weighted by molar-refractivity contribution is 6.29. The molecule has 0 spiro atoms. The Kier molecular flexibility index (Phi) is 6.68. The normalized spacial score (nSPS) is 22.9. The lowest BCUT2D eigenvalue weighted by Gasteiger charge is -2.34. The molecule has 1 aromatic carbocycles. The number of aromatic nitrogens is 4. The van der Waals surface area contributed by atoms with E-state index in [2.05, 4.69) is 22.7 Å². The number of imidazole rings is 1. The van der Waals surface area contributed by atoms with Crippen molar-refractivity contribution >= 4 is 40.4 Å². The predicted molar refractivity (Wildman–Crippen MR) is 137 cm³/mol. The van der Waals surface area contributed by atoms with Crippen LogP contribution < -0.4 is 4.90 Å². The highest BCUT2D eigenvalue weighted by Gasteiger charge is 2.34. The van der Waals surface area contributed by atoms with Gasteiger partial charge in [0.1, 0.15) is 5.82 Å². The van der Waals surface area contributed by atoms with Crippen molar-refractivity contribution < 1.29 is 19.4 Å². The van der Waals surface area contributed by atoms with Crippen molar-refractivity contribution in [3.05, 3.63) is 40.9 Å². The molecule has 9 nitrogen and oxygen atoms in total. The van der Waals surface area contributed by atoms with E-state index < -0.39 is 5.97 Å². The first-order valence-corrected chi connectivity index (χ1v) is 13.0. The minimum absolute atomic E-state index is 0.0405. The number of methoxy groups -OCH3 is 1. The summed E-state index contributed by atoms with van der Waals surface area (Å²) in [7, 11) is 1.41. The highest BCUT2D eigenvalue weighted by Crippen LogP contribution is 2.41. The molecule has 0 bridgehead atoms. The van der Waals surface area contributed by atoms with Crippen LogP contribution in [0.15, 0.2) is 24.4 Å². The summed E-state index contributed by atoms with van der Waals surface area (Å²) in [6.07, 6.45) is 6.04. The number of ether oxygens (including phenoxy) is 1. The first-order chi connectivity index (χ1) is 17.3. The molecule has 0 radical (unpaired) electrons. The van der Waals surface area contributed by atoms with Crippen molar-refractivity contribution in [3.63, 3.8) is 0 Å². The van der Waals surface area contributed by atoms with E-state index in [1.807, 2.05) is 23.9 Å². The molecule has 0 saturated heterocycles. The fourth-order valence-electron chi connectivity index (χ4n) is 5.91. The quantitative estimate of drug-likeness (QED) is 0.489. The number of fused-ring (bicyclic) bond motifs is 3. The van der Waals surface area contributed by atoms with Gasteiger partial charge < -0.3 is 14.4 Å². The van der Waals surface area contributed by atoms with Crippen LogP contribution in [-0.4, -0.2) is 49.7 Å². The molecule has 36 heavy (non-hydrogen) atoms. The van der Waals surface area contributed by atoms with E-state index in [1.165, 1.54) is 7.11 Å². The van der Waals surface area contributed by atoms with E-state index in [0.29, 0.717) is 24.5 Å². The second-order valence-corrected chi connectivity index (χ2v) is 10.5. The zero-order valence-electron chi connectivity index (χ0n) is 20.9. The average Bonchev–Trinajstić information content (AvgIpc) is 3.46. The van der Waals surface area contributed by atoms with Crippen molar-refractivity contribution in [2.45, 2.75) is 76.9 Å². The van der Waals surface area contributed by atoms with E-state index in [4.69, 9.17) is 21.3 Å². The van der Waals surface area contributed by atoms with Crippen LogP contribution in [-0.2, 0) is 22.5 Å². The molecule has 192 valence electrons. The molecule has 1 saturated carbocycles. The molecule has 1 aliphatic carbocycles. The molecule has 3 aromatic rings. The van der Waals surface area contributed by atoms with E-state index in [9.17, 15) is 14.7 Å². The lowest BCUT2D eigenvalue weighted by Crippen LogP contribution is -2.42. The Labute approximate surface area is 215 Å². The van der Waals surface area contributed by atoms with Gasteiger partial charge in [-0.15, -0.1) is 0 Å². The summed E-state index contributed by atoms with van der Waals surface area (Å²) in [5.41, 5.74) is 3.86. The number of halogens is 1. The maximum Gasteiger partial charge on any atom is 0.414 e. The summed E-state index contributed by atoms with van der Waals surface area (Å²) < 4.78 is 9.23. The van der Waals surface area contributed by atoms with E-state index in [0.717, 1.165) is 53.8 Å². The van der Waals surface area contributed by atoms with Crippen LogP contribution in [0.5, 0.6) is 0 Å². The molecular formula is C26H32ClN5O4. The van der Waals surface area contributed by atoms with Crippen LogP contribution in [0, 0.1) is 5.92 Å². The van der Waals surface area contributed by atoms with Gasteiger partial charge in [-0.25, -0.2) is 9.78 Å². The third kappa shape index (κ3) is 4.34. The molecule has 10 heteroatoms. The van der Waals surface area contributed by atoms with Crippen LogP contribution in [0.2, 0.25) is 5.15 Å². The van der Waals surface area contributed by atoms with Crippen molar-refractivity contribution in [3.8, 4) is 0 Å². The smallest absolute Gasteiger partial charge is 0.414 e. The van der Waals surface area contributed by atoms with E-state index >= 15 is 0 Å². The second-order valence-electron chi connectivity index (χ2n) is 10.1. The molecule has 3 heterocycles. The number of anilines is 1. The van der Waals surface area contributed by atoms with Gasteiger partial charge in [-0.05, 0) is 63.6 Å². The van der Waals surface area contributed by atoms with Gasteiger partial charge in [-0.1, -0.05) is 18.5 Å². The number of hydrogen-bond acceptors (Lipinski definition) is 5. The zero-order valence-corrected chi connectivity index (χ0v) is 21.6. The predicted octanol–water partition coefficient (Wildman–Crippen LogP) is 5.41. The summed E-state index contributed by atoms with van der Waals surface area (Å²) in [5, 5.41) is 14.3. The van der Waals surface area contributed by atoms with Crippen molar-refractivity contribution in [1.29, 1.82) is 0 Å². The first-order valence-electron chi connectivity index (χ1n) is 12.6. The molecule has 1 unspecified atom stereocenters. The Morgan fingerprint density at radius 2 is 1.94 bits per heavy atom. The first kappa shape index (κ1) is 24.6. The second kappa shape index (κ2) is 9.76. The zero-order chi connectivity index (χ0) is 25.6. The van der Waals surface area contributed by atoms with Crippen molar-refractivity contribution in [1.82, 2.24) is 19.3 Å². The van der Waals surface area contributed by atoms with Crippen molar-refractivity contribution in [2.75, 3.05) is 12.0 Å². The van der Waals surface area contributed by atoms with Crippen LogP contribution in [0.4, 0.5) is 10.5 Å². The molecule has 1 N–H and O–H groups in total. The van der Waals surface area contributed by atoms with Gasteiger partial charge in [0, 0.05) is 29.8 Å². The molecule has 1 fully saturated rings. The molecule has 2 aromatic heterocycles. The minimum atomic E-state index is -0.709. The Morgan fingerprint density at radius 1 is 1.19 bits per heavy atom. The lowest BCUT2D eigenvalue weighted by atomic mass is 9.85. The molecular weight excluding hydrogens is 482 g/mol. The topological polar surface area (TPSA) is 102 Å². The van der Waals surface area contributed by atoms with Gasteiger partial charge in [0.05, 0.1) is 36.3 Å². The van der Waals surface area contributed by atoms with Gasteiger partial charge in [0.25, 0.3) is 0 Å². The largest absolute Gasteiger partial charge is 0.481 e. The maximum atomic E-state index is 12.6. The Balaban J connectivity index is 1.60. The van der Waals surface area contributed by atoms with Gasteiger partial charge in [0.15, 0.2) is 5.15 Å². The molecule has 5 rings (SSSR count). The van der Waals surface area contributed by atoms with Gasteiger partial charge in [0.2, 0.25) is 0 Å². The van der Waals surface area contributed by atoms with Gasteiger partial charge in [-0.3, -0.25) is 14.4 Å². The summed E-state index contributed by atoms with van der Waals surface area (Å²) in [6, 6.07) is 6.04. The van der Waals surface area contributed by atoms with Crippen molar-refractivity contribution in [2.24, 2.45) is 5.92 Å². The number of rotatable bonds is 5. The Morgan fingerprint density at radius 3 is 2.58 bits per heavy atom. The molecule has 1 aliphatic heterocycles. The van der Waals surface area contributed by atoms with E-state index in [-0.39, 0.29) is 30.0 Å². The number of nitrogens with zero attached hydrogens (tertiary/aromatic N) is 5. The fraction of sp³-hybridized carbons (Fsp3) is 0.538. The van der Waals surface area contributed by atoms with Gasteiger partial charge in [-0.2, -0.15) is 5.10 Å².